The Kier molecular flexibility index (Phi) is 3.05. The molecule has 0 spiro atoms. The summed E-state index contributed by atoms with van der Waals surface area (Å²) in [5.41, 5.74) is 4.02. The quantitative estimate of drug-likeness (QED) is 0.566. The molecule has 5 rings (SSSR count). The minimum absolute atomic E-state index is 0.409. The molecule has 1 aliphatic rings. The summed E-state index contributed by atoms with van der Waals surface area (Å²) in [6.45, 7) is 1.94. The predicted octanol–water partition coefficient (Wildman–Crippen LogP) is 3.14. The maximum absolute atomic E-state index is 9.57. The first-order valence-electron chi connectivity index (χ1n) is 8.03. The molecule has 4 aromatic rings. The van der Waals surface area contributed by atoms with Crippen LogP contribution in [0.15, 0.2) is 40.5 Å². The van der Waals surface area contributed by atoms with Crippen molar-refractivity contribution in [3.05, 3.63) is 41.5 Å². The fourth-order valence-electron chi connectivity index (χ4n) is 3.02. The number of tetrazole rings is 1. The summed E-state index contributed by atoms with van der Waals surface area (Å²) >= 11 is 1.51. The minimum atomic E-state index is 0.409. The monoisotopic (exact) mass is 347 g/mol. The van der Waals surface area contributed by atoms with Crippen LogP contribution in [0.3, 0.4) is 0 Å². The first kappa shape index (κ1) is 14.4. The van der Waals surface area contributed by atoms with Crippen LogP contribution >= 0.6 is 11.8 Å². The van der Waals surface area contributed by atoms with Gasteiger partial charge in [-0.05, 0) is 65.7 Å². The Morgan fingerprint density at radius 2 is 2.12 bits per heavy atom. The fourth-order valence-corrected chi connectivity index (χ4v) is 4.08. The summed E-state index contributed by atoms with van der Waals surface area (Å²) in [6, 6.07) is 12.6. The van der Waals surface area contributed by atoms with Gasteiger partial charge in [-0.2, -0.15) is 5.26 Å². The van der Waals surface area contributed by atoms with Crippen molar-refractivity contribution in [2.45, 2.75) is 36.0 Å². The molecule has 3 aromatic heterocycles. The van der Waals surface area contributed by atoms with Crippen LogP contribution in [0.2, 0.25) is 0 Å². The summed E-state index contributed by atoms with van der Waals surface area (Å²) in [4.78, 5) is 4.68. The molecule has 8 heteroatoms. The van der Waals surface area contributed by atoms with Gasteiger partial charge in [0.1, 0.15) is 6.07 Å². The highest BCUT2D eigenvalue weighted by atomic mass is 32.2. The van der Waals surface area contributed by atoms with E-state index in [9.17, 15) is 5.26 Å². The molecule has 1 saturated carbocycles. The van der Waals surface area contributed by atoms with Crippen molar-refractivity contribution in [1.29, 1.82) is 5.26 Å². The van der Waals surface area contributed by atoms with Crippen LogP contribution < -0.4 is 0 Å². The minimum Gasteiger partial charge on any atom is -0.285 e. The van der Waals surface area contributed by atoms with E-state index in [1.165, 1.54) is 11.8 Å². The third kappa shape index (κ3) is 2.20. The molecule has 0 radical (unpaired) electrons. The molecule has 25 heavy (non-hydrogen) atoms. The lowest BCUT2D eigenvalue weighted by molar-refractivity contribution is 0.565. The van der Waals surface area contributed by atoms with Gasteiger partial charge >= 0.3 is 0 Å². The van der Waals surface area contributed by atoms with Gasteiger partial charge in [-0.3, -0.25) is 4.40 Å². The topological polar surface area (TPSA) is 84.7 Å². The van der Waals surface area contributed by atoms with Crippen LogP contribution in [0, 0.1) is 18.3 Å². The molecule has 7 nitrogen and oxygen atoms in total. The van der Waals surface area contributed by atoms with Crippen molar-refractivity contribution in [2.24, 2.45) is 0 Å². The summed E-state index contributed by atoms with van der Waals surface area (Å²) in [7, 11) is 0. The molecule has 0 bridgehead atoms. The van der Waals surface area contributed by atoms with E-state index < -0.39 is 0 Å². The molecular weight excluding hydrogens is 334 g/mol. The Labute approximate surface area is 147 Å². The van der Waals surface area contributed by atoms with Gasteiger partial charge in [-0.15, -0.1) is 5.10 Å². The molecule has 3 heterocycles. The first-order chi connectivity index (χ1) is 12.3. The van der Waals surface area contributed by atoms with Crippen LogP contribution in [0.25, 0.3) is 16.7 Å². The summed E-state index contributed by atoms with van der Waals surface area (Å²) in [5.74, 6) is 0. The van der Waals surface area contributed by atoms with E-state index in [4.69, 9.17) is 0 Å². The van der Waals surface area contributed by atoms with E-state index in [1.807, 2.05) is 46.3 Å². The average molecular weight is 347 g/mol. The lowest BCUT2D eigenvalue weighted by Crippen LogP contribution is -2.01. The van der Waals surface area contributed by atoms with E-state index >= 15 is 0 Å². The molecule has 1 aliphatic carbocycles. The number of imidazole rings is 1. The SMILES string of the molecule is Cc1cc(Sc2nnnn2C2CC2)n2c(nc3ccccc32)c1C#N. The van der Waals surface area contributed by atoms with Gasteiger partial charge in [0.05, 0.1) is 27.7 Å². The Bertz CT molecular complexity index is 1160. The third-order valence-electron chi connectivity index (χ3n) is 4.40. The van der Waals surface area contributed by atoms with E-state index in [1.54, 1.807) is 0 Å². The zero-order valence-electron chi connectivity index (χ0n) is 13.4. The molecule has 122 valence electrons. The number of benzene rings is 1. The molecule has 0 saturated heterocycles. The highest BCUT2D eigenvalue weighted by Gasteiger charge is 2.28. The second kappa shape index (κ2) is 5.29. The van der Waals surface area contributed by atoms with E-state index in [0.29, 0.717) is 17.3 Å². The Morgan fingerprint density at radius 1 is 1.28 bits per heavy atom. The Morgan fingerprint density at radius 3 is 2.92 bits per heavy atom. The number of fused-ring (bicyclic) bond motifs is 3. The predicted molar refractivity (Wildman–Crippen MR) is 92.4 cm³/mol. The van der Waals surface area contributed by atoms with E-state index in [-0.39, 0.29) is 0 Å². The number of para-hydroxylation sites is 2. The molecular formula is C17H13N7S. The number of hydrogen-bond acceptors (Lipinski definition) is 6. The van der Waals surface area contributed by atoms with Crippen LogP contribution in [-0.2, 0) is 0 Å². The number of rotatable bonds is 3. The van der Waals surface area contributed by atoms with Crippen LogP contribution in [0.5, 0.6) is 0 Å². The maximum Gasteiger partial charge on any atom is 0.215 e. The standard InChI is InChI=1S/C17H13N7S/c1-10-8-15(25-17-20-21-22-24(17)11-6-7-11)23-14-5-3-2-4-13(14)19-16(23)12(10)9-18/h2-5,8,11H,6-7H2,1H3. The maximum atomic E-state index is 9.57. The second-order valence-electron chi connectivity index (χ2n) is 6.15. The van der Waals surface area contributed by atoms with Crippen molar-refractivity contribution < 1.29 is 0 Å². The lowest BCUT2D eigenvalue weighted by Gasteiger charge is -2.09. The number of nitriles is 1. The summed E-state index contributed by atoms with van der Waals surface area (Å²) in [6.07, 6.45) is 2.24. The van der Waals surface area contributed by atoms with Crippen molar-refractivity contribution >= 4 is 28.4 Å². The number of pyridine rings is 1. The number of aryl methyl sites for hydroxylation is 1. The molecule has 0 atom stereocenters. The smallest absolute Gasteiger partial charge is 0.215 e. The molecule has 0 N–H and O–H groups in total. The van der Waals surface area contributed by atoms with Gasteiger partial charge in [0.2, 0.25) is 5.16 Å². The largest absolute Gasteiger partial charge is 0.285 e. The van der Waals surface area contributed by atoms with Crippen LogP contribution in [0.1, 0.15) is 30.0 Å². The highest BCUT2D eigenvalue weighted by Crippen LogP contribution is 2.39. The van der Waals surface area contributed by atoms with Crippen LogP contribution in [-0.4, -0.2) is 29.6 Å². The fraction of sp³-hybridized carbons (Fsp3) is 0.235. The normalized spacial score (nSPS) is 14.2. The molecule has 1 fully saturated rings. The third-order valence-corrected chi connectivity index (χ3v) is 5.36. The van der Waals surface area contributed by atoms with Gasteiger partial charge in [0, 0.05) is 0 Å². The molecule has 0 unspecified atom stereocenters. The number of aromatic nitrogens is 6. The Balaban J connectivity index is 1.77. The molecule has 1 aromatic carbocycles. The number of nitrogens with zero attached hydrogens (tertiary/aromatic N) is 7. The first-order valence-corrected chi connectivity index (χ1v) is 8.84. The van der Waals surface area contributed by atoms with Crippen molar-refractivity contribution in [2.75, 3.05) is 0 Å². The summed E-state index contributed by atoms with van der Waals surface area (Å²) < 4.78 is 3.92. The molecule has 0 amide bonds. The average Bonchev–Trinajstić information content (AvgIpc) is 3.22. The zero-order valence-corrected chi connectivity index (χ0v) is 14.2. The Hall–Kier alpha value is -2.92. The van der Waals surface area contributed by atoms with Gasteiger partial charge < -0.3 is 0 Å². The number of hydrogen-bond donors (Lipinski definition) is 0. The van der Waals surface area contributed by atoms with Gasteiger partial charge in [0.25, 0.3) is 0 Å². The van der Waals surface area contributed by atoms with Crippen molar-refractivity contribution in [3.8, 4) is 6.07 Å². The lowest BCUT2D eigenvalue weighted by atomic mass is 10.2. The van der Waals surface area contributed by atoms with Crippen LogP contribution in [0.4, 0.5) is 0 Å². The van der Waals surface area contributed by atoms with Gasteiger partial charge in [-0.25, -0.2) is 9.67 Å². The summed E-state index contributed by atoms with van der Waals surface area (Å²) in [5, 5.41) is 23.4. The second-order valence-corrected chi connectivity index (χ2v) is 7.14. The zero-order chi connectivity index (χ0) is 17.0. The van der Waals surface area contributed by atoms with Gasteiger partial charge in [-0.1, -0.05) is 12.1 Å². The molecule has 0 aliphatic heterocycles. The van der Waals surface area contributed by atoms with E-state index in [2.05, 4.69) is 26.6 Å². The highest BCUT2D eigenvalue weighted by molar-refractivity contribution is 7.99. The van der Waals surface area contributed by atoms with E-state index in [0.717, 1.165) is 39.6 Å². The van der Waals surface area contributed by atoms with Crippen molar-refractivity contribution in [3.63, 3.8) is 0 Å². The van der Waals surface area contributed by atoms with Gasteiger partial charge in [0.15, 0.2) is 5.65 Å². The van der Waals surface area contributed by atoms with Crippen molar-refractivity contribution in [1.82, 2.24) is 29.6 Å².